The van der Waals surface area contributed by atoms with Gasteiger partial charge in [-0.1, -0.05) is 0 Å². The quantitative estimate of drug-likeness (QED) is 0.768. The Bertz CT molecular complexity index is 270. The number of rotatable bonds is 3. The summed E-state index contributed by atoms with van der Waals surface area (Å²) in [4.78, 5) is 11.0. The monoisotopic (exact) mass is 222 g/mol. The number of carbonyl (C=O) groups is 1. The van der Waals surface area contributed by atoms with Crippen LogP contribution in [0.15, 0.2) is 0 Å². The molecular weight excluding hydrogens is 206 g/mol. The van der Waals surface area contributed by atoms with Gasteiger partial charge in [0.2, 0.25) is 5.92 Å². The van der Waals surface area contributed by atoms with E-state index < -0.39 is 35.7 Å². The molecule has 0 aliphatic heterocycles. The Hall–Kier alpha value is -0.710. The van der Waals surface area contributed by atoms with E-state index in [1.807, 2.05) is 0 Å². The van der Waals surface area contributed by atoms with E-state index in [2.05, 4.69) is 0 Å². The SMILES string of the molecule is CC(C)(O)CC1(C(=O)O)CCC(F)(F)C1. The number of aliphatic hydroxyl groups is 1. The summed E-state index contributed by atoms with van der Waals surface area (Å²) in [6.07, 6.45) is -1.28. The summed E-state index contributed by atoms with van der Waals surface area (Å²) in [5.41, 5.74) is -2.71. The number of hydrogen-bond donors (Lipinski definition) is 2. The fourth-order valence-corrected chi connectivity index (χ4v) is 2.33. The number of carboxylic acids is 1. The van der Waals surface area contributed by atoms with Crippen molar-refractivity contribution < 1.29 is 23.8 Å². The molecule has 3 nitrogen and oxygen atoms in total. The molecule has 0 aromatic rings. The van der Waals surface area contributed by atoms with Gasteiger partial charge in [0.15, 0.2) is 0 Å². The van der Waals surface area contributed by atoms with E-state index in [1.165, 1.54) is 13.8 Å². The van der Waals surface area contributed by atoms with E-state index in [0.717, 1.165) is 0 Å². The van der Waals surface area contributed by atoms with Crippen molar-refractivity contribution in [2.75, 3.05) is 0 Å². The highest BCUT2D eigenvalue weighted by atomic mass is 19.3. The molecule has 0 aromatic heterocycles. The van der Waals surface area contributed by atoms with Crippen LogP contribution in [0.4, 0.5) is 8.78 Å². The molecule has 0 spiro atoms. The second-order valence-corrected chi connectivity index (χ2v) is 5.11. The molecule has 88 valence electrons. The Labute approximate surface area is 87.1 Å². The zero-order chi connectivity index (χ0) is 11.9. The molecule has 0 saturated heterocycles. The largest absolute Gasteiger partial charge is 0.481 e. The van der Waals surface area contributed by atoms with Crippen molar-refractivity contribution >= 4 is 5.97 Å². The molecule has 0 aromatic carbocycles. The van der Waals surface area contributed by atoms with Crippen LogP contribution in [0.1, 0.15) is 39.5 Å². The summed E-state index contributed by atoms with van der Waals surface area (Å²) in [7, 11) is 0. The minimum atomic E-state index is -2.91. The zero-order valence-electron chi connectivity index (χ0n) is 8.89. The third kappa shape index (κ3) is 2.87. The lowest BCUT2D eigenvalue weighted by Crippen LogP contribution is -2.37. The maximum Gasteiger partial charge on any atom is 0.309 e. The summed E-state index contributed by atoms with van der Waals surface area (Å²) in [6.45, 7) is 2.88. The second-order valence-electron chi connectivity index (χ2n) is 5.11. The first-order chi connectivity index (χ1) is 6.56. The van der Waals surface area contributed by atoms with Gasteiger partial charge in [-0.15, -0.1) is 0 Å². The van der Waals surface area contributed by atoms with Crippen LogP contribution in [-0.4, -0.2) is 27.7 Å². The van der Waals surface area contributed by atoms with E-state index in [1.54, 1.807) is 0 Å². The maximum atomic E-state index is 13.0. The fraction of sp³-hybridized carbons (Fsp3) is 0.900. The van der Waals surface area contributed by atoms with E-state index in [9.17, 15) is 18.7 Å². The van der Waals surface area contributed by atoms with Crippen LogP contribution in [0.5, 0.6) is 0 Å². The molecule has 0 amide bonds. The van der Waals surface area contributed by atoms with E-state index in [-0.39, 0.29) is 12.8 Å². The second kappa shape index (κ2) is 3.40. The molecule has 1 fully saturated rings. The van der Waals surface area contributed by atoms with Gasteiger partial charge in [0.1, 0.15) is 0 Å². The van der Waals surface area contributed by atoms with Crippen LogP contribution in [0.3, 0.4) is 0 Å². The van der Waals surface area contributed by atoms with Gasteiger partial charge in [0.25, 0.3) is 0 Å². The molecule has 1 saturated carbocycles. The third-order valence-electron chi connectivity index (χ3n) is 2.79. The van der Waals surface area contributed by atoms with Crippen molar-refractivity contribution in [1.82, 2.24) is 0 Å². The third-order valence-corrected chi connectivity index (χ3v) is 2.79. The van der Waals surface area contributed by atoms with Crippen molar-refractivity contribution in [2.24, 2.45) is 5.41 Å². The maximum absolute atomic E-state index is 13.0. The van der Waals surface area contributed by atoms with Crippen molar-refractivity contribution in [3.8, 4) is 0 Å². The van der Waals surface area contributed by atoms with E-state index in [4.69, 9.17) is 5.11 Å². The van der Waals surface area contributed by atoms with Gasteiger partial charge in [0, 0.05) is 12.8 Å². The molecule has 1 aliphatic carbocycles. The molecule has 5 heteroatoms. The van der Waals surface area contributed by atoms with Gasteiger partial charge in [-0.25, -0.2) is 8.78 Å². The highest BCUT2D eigenvalue weighted by molar-refractivity contribution is 5.75. The Morgan fingerprint density at radius 3 is 2.20 bits per heavy atom. The van der Waals surface area contributed by atoms with Crippen molar-refractivity contribution in [2.45, 2.75) is 51.1 Å². The molecule has 2 N–H and O–H groups in total. The van der Waals surface area contributed by atoms with Crippen LogP contribution < -0.4 is 0 Å². The molecular formula is C10H16F2O3. The summed E-state index contributed by atoms with van der Waals surface area (Å²) < 4.78 is 26.1. The predicted octanol–water partition coefficient (Wildman–Crippen LogP) is 2.04. The van der Waals surface area contributed by atoms with E-state index in [0.29, 0.717) is 0 Å². The van der Waals surface area contributed by atoms with Gasteiger partial charge < -0.3 is 10.2 Å². The van der Waals surface area contributed by atoms with Gasteiger partial charge in [0.05, 0.1) is 11.0 Å². The van der Waals surface area contributed by atoms with E-state index >= 15 is 0 Å². The molecule has 0 bridgehead atoms. The van der Waals surface area contributed by atoms with Crippen LogP contribution in [-0.2, 0) is 4.79 Å². The first kappa shape index (κ1) is 12.4. The van der Waals surface area contributed by atoms with Crippen molar-refractivity contribution in [1.29, 1.82) is 0 Å². The lowest BCUT2D eigenvalue weighted by atomic mass is 9.77. The number of hydrogen-bond acceptors (Lipinski definition) is 2. The van der Waals surface area contributed by atoms with Gasteiger partial charge in [-0.05, 0) is 26.7 Å². The van der Waals surface area contributed by atoms with Crippen LogP contribution in [0.2, 0.25) is 0 Å². The standard InChI is InChI=1S/C10H16F2O3/c1-8(2,15)5-9(7(13)14)3-4-10(11,12)6-9/h15H,3-6H2,1-2H3,(H,13,14). The first-order valence-corrected chi connectivity index (χ1v) is 4.90. The minimum Gasteiger partial charge on any atom is -0.481 e. The van der Waals surface area contributed by atoms with Crippen molar-refractivity contribution in [3.63, 3.8) is 0 Å². The Kier molecular flexibility index (Phi) is 2.80. The summed E-state index contributed by atoms with van der Waals surface area (Å²) in [6, 6.07) is 0. The highest BCUT2D eigenvalue weighted by Crippen LogP contribution is 2.51. The zero-order valence-corrected chi connectivity index (χ0v) is 8.89. The minimum absolute atomic E-state index is 0.0701. The normalized spacial score (nSPS) is 30.5. The Morgan fingerprint density at radius 2 is 1.93 bits per heavy atom. The summed E-state index contributed by atoms with van der Waals surface area (Å²) in [5, 5.41) is 18.6. The fourth-order valence-electron chi connectivity index (χ4n) is 2.33. The number of alkyl halides is 2. The van der Waals surface area contributed by atoms with Gasteiger partial charge in [-0.2, -0.15) is 0 Å². The molecule has 0 heterocycles. The lowest BCUT2D eigenvalue weighted by molar-refractivity contribution is -0.154. The molecule has 1 rings (SSSR count). The number of halogens is 2. The lowest BCUT2D eigenvalue weighted by Gasteiger charge is -2.30. The average Bonchev–Trinajstić information content (AvgIpc) is 2.23. The average molecular weight is 222 g/mol. The molecule has 15 heavy (non-hydrogen) atoms. The van der Waals surface area contributed by atoms with Gasteiger partial charge in [-0.3, -0.25) is 4.79 Å². The predicted molar refractivity (Wildman–Crippen MR) is 49.8 cm³/mol. The van der Waals surface area contributed by atoms with Crippen LogP contribution in [0, 0.1) is 5.41 Å². The van der Waals surface area contributed by atoms with Gasteiger partial charge >= 0.3 is 5.97 Å². The first-order valence-electron chi connectivity index (χ1n) is 4.90. The number of carboxylic acid groups (broad SMARTS) is 1. The smallest absolute Gasteiger partial charge is 0.309 e. The molecule has 1 unspecified atom stereocenters. The van der Waals surface area contributed by atoms with Crippen LogP contribution in [0.25, 0.3) is 0 Å². The van der Waals surface area contributed by atoms with Crippen LogP contribution >= 0.6 is 0 Å². The molecule has 1 atom stereocenters. The Morgan fingerprint density at radius 1 is 1.40 bits per heavy atom. The Balaban J connectivity index is 2.88. The van der Waals surface area contributed by atoms with Crippen molar-refractivity contribution in [3.05, 3.63) is 0 Å². The molecule has 0 radical (unpaired) electrons. The topological polar surface area (TPSA) is 57.5 Å². The number of aliphatic carboxylic acids is 1. The summed E-state index contributed by atoms with van der Waals surface area (Å²) >= 11 is 0. The highest BCUT2D eigenvalue weighted by Gasteiger charge is 2.55. The summed E-state index contributed by atoms with van der Waals surface area (Å²) in [5.74, 6) is -4.15. The molecule has 1 aliphatic rings.